The third kappa shape index (κ3) is 4.07. The maximum Gasteiger partial charge on any atom is 0.258 e. The molecule has 1 fully saturated rings. The molecule has 1 saturated heterocycles. The van der Waals surface area contributed by atoms with Gasteiger partial charge in [0.15, 0.2) is 0 Å². The van der Waals surface area contributed by atoms with Crippen LogP contribution in [0.1, 0.15) is 50.4 Å². The first-order chi connectivity index (χ1) is 10.5. The molecular formula is C15H25N5O2. The number of rotatable bonds is 6. The molecule has 0 bridgehead atoms. The van der Waals surface area contributed by atoms with Gasteiger partial charge >= 0.3 is 0 Å². The Balaban J connectivity index is 2.13. The van der Waals surface area contributed by atoms with Crippen molar-refractivity contribution in [2.45, 2.75) is 58.2 Å². The van der Waals surface area contributed by atoms with Crippen molar-refractivity contribution in [2.75, 3.05) is 12.3 Å². The number of aromatic nitrogens is 2. The van der Waals surface area contributed by atoms with E-state index in [9.17, 15) is 4.79 Å². The maximum atomic E-state index is 12.5. The minimum Gasteiger partial charge on any atom is -0.474 e. The van der Waals surface area contributed by atoms with E-state index in [4.69, 9.17) is 10.5 Å². The van der Waals surface area contributed by atoms with E-state index in [2.05, 4.69) is 27.5 Å². The molecule has 4 N–H and O–H groups in total. The van der Waals surface area contributed by atoms with Crippen molar-refractivity contribution in [1.82, 2.24) is 20.6 Å². The van der Waals surface area contributed by atoms with E-state index in [1.54, 1.807) is 0 Å². The lowest BCUT2D eigenvalue weighted by Crippen LogP contribution is -2.47. The molecule has 2 atom stereocenters. The van der Waals surface area contributed by atoms with Crippen LogP contribution in [0, 0.1) is 0 Å². The van der Waals surface area contributed by atoms with Gasteiger partial charge in [-0.15, -0.1) is 0 Å². The summed E-state index contributed by atoms with van der Waals surface area (Å²) in [5, 5.41) is 6.48. The van der Waals surface area contributed by atoms with Crippen LogP contribution in [0.15, 0.2) is 6.20 Å². The minimum atomic E-state index is -0.226. The van der Waals surface area contributed by atoms with Gasteiger partial charge in [0.25, 0.3) is 5.91 Å². The van der Waals surface area contributed by atoms with Gasteiger partial charge in [0.1, 0.15) is 5.56 Å². The molecule has 1 aliphatic heterocycles. The van der Waals surface area contributed by atoms with Gasteiger partial charge in [-0.05, 0) is 39.7 Å². The standard InChI is InChI=1S/C15H25N5O2/c1-4-11(12-6-5-7-17-12)19-13(21)10-8-18-15(16)20-14(10)22-9(2)3/h8-9,11-12,17H,4-7H2,1-3H3,(H,19,21)(H2,16,18,20). The predicted octanol–water partition coefficient (Wildman–Crippen LogP) is 1.11. The van der Waals surface area contributed by atoms with Gasteiger partial charge in [0, 0.05) is 18.3 Å². The van der Waals surface area contributed by atoms with Gasteiger partial charge in [-0.25, -0.2) is 4.98 Å². The Morgan fingerprint density at radius 2 is 2.36 bits per heavy atom. The first kappa shape index (κ1) is 16.5. The lowest BCUT2D eigenvalue weighted by Gasteiger charge is -2.24. The highest BCUT2D eigenvalue weighted by Gasteiger charge is 2.26. The van der Waals surface area contributed by atoms with Crippen molar-refractivity contribution < 1.29 is 9.53 Å². The molecule has 7 nitrogen and oxygen atoms in total. The van der Waals surface area contributed by atoms with E-state index in [0.29, 0.717) is 11.6 Å². The molecule has 1 aliphatic rings. The quantitative estimate of drug-likeness (QED) is 0.727. The summed E-state index contributed by atoms with van der Waals surface area (Å²) < 4.78 is 5.58. The largest absolute Gasteiger partial charge is 0.474 e. The van der Waals surface area contributed by atoms with Gasteiger partial charge in [-0.3, -0.25) is 4.79 Å². The second kappa shape index (κ2) is 7.40. The SMILES string of the molecule is CCC(NC(=O)c1cnc(N)nc1OC(C)C)C1CCCN1. The lowest BCUT2D eigenvalue weighted by molar-refractivity contribution is 0.0920. The average Bonchev–Trinajstić information content (AvgIpc) is 2.98. The van der Waals surface area contributed by atoms with Gasteiger partial charge < -0.3 is 21.1 Å². The molecule has 0 aromatic carbocycles. The summed E-state index contributed by atoms with van der Waals surface area (Å²) in [6.45, 7) is 6.81. The third-order valence-corrected chi connectivity index (χ3v) is 3.70. The van der Waals surface area contributed by atoms with Gasteiger partial charge in [0.05, 0.1) is 6.10 Å². The highest BCUT2D eigenvalue weighted by atomic mass is 16.5. The zero-order chi connectivity index (χ0) is 16.1. The number of nitrogens with one attached hydrogen (secondary N) is 2. The van der Waals surface area contributed by atoms with E-state index in [1.807, 2.05) is 13.8 Å². The Bertz CT molecular complexity index is 515. The molecule has 0 aliphatic carbocycles. The fourth-order valence-electron chi connectivity index (χ4n) is 2.64. The number of hydrogen-bond donors (Lipinski definition) is 3. The molecular weight excluding hydrogens is 282 g/mol. The molecule has 0 spiro atoms. The summed E-state index contributed by atoms with van der Waals surface area (Å²) in [6, 6.07) is 0.401. The van der Waals surface area contributed by atoms with Crippen molar-refractivity contribution in [3.63, 3.8) is 0 Å². The van der Waals surface area contributed by atoms with Crippen LogP contribution in [0.5, 0.6) is 5.88 Å². The monoisotopic (exact) mass is 307 g/mol. The molecule has 0 radical (unpaired) electrons. The van der Waals surface area contributed by atoms with Crippen LogP contribution in [-0.2, 0) is 0 Å². The number of nitrogens with two attached hydrogens (primary N) is 1. The molecule has 1 amide bonds. The van der Waals surface area contributed by atoms with Crippen LogP contribution >= 0.6 is 0 Å². The molecule has 2 unspecified atom stereocenters. The first-order valence-corrected chi connectivity index (χ1v) is 7.84. The zero-order valence-corrected chi connectivity index (χ0v) is 13.4. The van der Waals surface area contributed by atoms with Crippen molar-refractivity contribution >= 4 is 11.9 Å². The summed E-state index contributed by atoms with van der Waals surface area (Å²) >= 11 is 0. The molecule has 1 aromatic heterocycles. The minimum absolute atomic E-state index is 0.0828. The van der Waals surface area contributed by atoms with Gasteiger partial charge in [0.2, 0.25) is 11.8 Å². The Morgan fingerprint density at radius 1 is 1.59 bits per heavy atom. The number of carbonyl (C=O) groups is 1. The first-order valence-electron chi connectivity index (χ1n) is 7.84. The van der Waals surface area contributed by atoms with Crippen molar-refractivity contribution in [3.05, 3.63) is 11.8 Å². The average molecular weight is 307 g/mol. The fraction of sp³-hybridized carbons (Fsp3) is 0.667. The second-order valence-electron chi connectivity index (χ2n) is 5.80. The van der Waals surface area contributed by atoms with Crippen LogP contribution < -0.4 is 21.1 Å². The molecule has 122 valence electrons. The smallest absolute Gasteiger partial charge is 0.258 e. The van der Waals surface area contributed by atoms with E-state index >= 15 is 0 Å². The van der Waals surface area contributed by atoms with Crippen molar-refractivity contribution in [3.8, 4) is 5.88 Å². The number of carbonyl (C=O) groups excluding carboxylic acids is 1. The van der Waals surface area contributed by atoms with Crippen LogP contribution in [0.25, 0.3) is 0 Å². The number of amides is 1. The zero-order valence-electron chi connectivity index (χ0n) is 13.4. The van der Waals surface area contributed by atoms with Crippen LogP contribution in [0.2, 0.25) is 0 Å². The third-order valence-electron chi connectivity index (χ3n) is 3.70. The maximum absolute atomic E-state index is 12.5. The fourth-order valence-corrected chi connectivity index (χ4v) is 2.64. The number of anilines is 1. The summed E-state index contributed by atoms with van der Waals surface area (Å²) in [5.41, 5.74) is 5.91. The van der Waals surface area contributed by atoms with E-state index in [0.717, 1.165) is 25.8 Å². The summed E-state index contributed by atoms with van der Waals surface area (Å²) in [4.78, 5) is 20.5. The highest BCUT2D eigenvalue weighted by molar-refractivity contribution is 5.96. The van der Waals surface area contributed by atoms with E-state index in [1.165, 1.54) is 6.20 Å². The van der Waals surface area contributed by atoms with Crippen molar-refractivity contribution in [1.29, 1.82) is 0 Å². The Hall–Kier alpha value is -1.89. The number of nitrogens with zero attached hydrogens (tertiary/aromatic N) is 2. The van der Waals surface area contributed by atoms with Gasteiger partial charge in [-0.1, -0.05) is 6.92 Å². The molecule has 1 aromatic rings. The number of ether oxygens (including phenoxy) is 1. The van der Waals surface area contributed by atoms with Crippen LogP contribution in [0.4, 0.5) is 5.95 Å². The van der Waals surface area contributed by atoms with E-state index < -0.39 is 0 Å². The Labute approximate surface area is 131 Å². The Kier molecular flexibility index (Phi) is 5.54. The molecule has 7 heteroatoms. The molecule has 2 heterocycles. The predicted molar refractivity (Wildman–Crippen MR) is 84.8 cm³/mol. The molecule has 2 rings (SSSR count). The van der Waals surface area contributed by atoms with Crippen LogP contribution in [-0.4, -0.2) is 40.6 Å². The Morgan fingerprint density at radius 3 is 2.95 bits per heavy atom. The van der Waals surface area contributed by atoms with Crippen molar-refractivity contribution in [2.24, 2.45) is 0 Å². The normalized spacial score (nSPS) is 19.2. The number of nitrogen functional groups attached to an aromatic ring is 1. The van der Waals surface area contributed by atoms with Gasteiger partial charge in [-0.2, -0.15) is 4.98 Å². The topological polar surface area (TPSA) is 102 Å². The summed E-state index contributed by atoms with van der Waals surface area (Å²) in [6.07, 6.45) is 4.40. The molecule has 0 saturated carbocycles. The summed E-state index contributed by atoms with van der Waals surface area (Å²) in [5.74, 6) is 0.0992. The lowest BCUT2D eigenvalue weighted by atomic mass is 10.0. The van der Waals surface area contributed by atoms with E-state index in [-0.39, 0.29) is 29.9 Å². The second-order valence-corrected chi connectivity index (χ2v) is 5.80. The summed E-state index contributed by atoms with van der Waals surface area (Å²) in [7, 11) is 0. The highest BCUT2D eigenvalue weighted by Crippen LogP contribution is 2.18. The molecule has 22 heavy (non-hydrogen) atoms. The number of hydrogen-bond acceptors (Lipinski definition) is 6. The van der Waals surface area contributed by atoms with Crippen LogP contribution in [0.3, 0.4) is 0 Å².